The molecule has 1 unspecified atom stereocenters. The predicted molar refractivity (Wildman–Crippen MR) is 144 cm³/mol. The van der Waals surface area contributed by atoms with E-state index in [1.54, 1.807) is 18.5 Å². The molecule has 39 heavy (non-hydrogen) atoms. The van der Waals surface area contributed by atoms with E-state index >= 15 is 4.39 Å². The summed E-state index contributed by atoms with van der Waals surface area (Å²) < 4.78 is 27.9. The van der Waals surface area contributed by atoms with Crippen LogP contribution in [0.4, 0.5) is 26.4 Å². The topological polar surface area (TPSA) is 111 Å². The van der Waals surface area contributed by atoms with Crippen molar-refractivity contribution < 1.29 is 23.5 Å². The number of para-hydroxylation sites is 1. The number of fused-ring (bicyclic) bond motifs is 1. The first kappa shape index (κ1) is 25.7. The van der Waals surface area contributed by atoms with Gasteiger partial charge in [-0.3, -0.25) is 4.79 Å². The molecular formula is C28H27FN6O4. The second-order valence-corrected chi connectivity index (χ2v) is 8.70. The van der Waals surface area contributed by atoms with E-state index in [1.165, 1.54) is 41.6 Å². The second-order valence-electron chi connectivity index (χ2n) is 8.70. The molecule has 1 atom stereocenters. The molecule has 11 heteroatoms. The molecule has 5 rings (SSSR count). The second kappa shape index (κ2) is 10.8. The Balaban J connectivity index is 1.36. The lowest BCUT2D eigenvalue weighted by Gasteiger charge is -2.22. The molecule has 2 amide bonds. The highest BCUT2D eigenvalue weighted by Crippen LogP contribution is 2.43. The van der Waals surface area contributed by atoms with Crippen molar-refractivity contribution >= 4 is 29.2 Å². The van der Waals surface area contributed by atoms with Gasteiger partial charge in [-0.25, -0.2) is 23.8 Å². The number of ether oxygens (including phenoxy) is 2. The Labute approximate surface area is 224 Å². The first-order valence-electron chi connectivity index (χ1n) is 12.5. The quantitative estimate of drug-likeness (QED) is 0.313. The molecule has 0 aliphatic carbocycles. The Morgan fingerprint density at radius 1 is 1.10 bits per heavy atom. The van der Waals surface area contributed by atoms with Crippen molar-refractivity contribution in [1.82, 2.24) is 14.8 Å². The molecule has 4 aromatic rings. The Bertz CT molecular complexity index is 1520. The predicted octanol–water partition coefficient (Wildman–Crippen LogP) is 5.75. The maximum Gasteiger partial charge on any atom is 0.416 e. The number of carbonyl (C=O) groups is 2. The summed E-state index contributed by atoms with van der Waals surface area (Å²) in [4.78, 5) is 31.2. The molecule has 0 radical (unpaired) electrons. The Hall–Kier alpha value is -4.93. The average molecular weight is 531 g/mol. The van der Waals surface area contributed by atoms with Gasteiger partial charge >= 0.3 is 6.09 Å². The van der Waals surface area contributed by atoms with E-state index in [-0.39, 0.29) is 23.8 Å². The summed E-state index contributed by atoms with van der Waals surface area (Å²) in [5.41, 5.74) is 2.58. The molecule has 2 N–H and O–H groups in total. The first-order valence-corrected chi connectivity index (χ1v) is 12.5. The smallest absolute Gasteiger partial charge is 0.416 e. The standard InChI is InChI=1S/C28H27FN6O4/c1-4-22-20(16-31-35(22)19-9-7-6-8-10-19)27(36)33-18-11-12-23(21(29)15-18)39-24-13-14-30-26-25(24)34(17(3)32-26)28(37)38-5-2/h6-17H,4-5H2,1-3H3,(H,30,32)(H,33,36). The summed E-state index contributed by atoms with van der Waals surface area (Å²) in [7, 11) is 0. The zero-order valence-electron chi connectivity index (χ0n) is 21.6. The van der Waals surface area contributed by atoms with Gasteiger partial charge in [-0.05, 0) is 44.5 Å². The van der Waals surface area contributed by atoms with E-state index in [1.807, 2.05) is 37.3 Å². The van der Waals surface area contributed by atoms with Crippen LogP contribution in [-0.2, 0) is 11.2 Å². The first-order chi connectivity index (χ1) is 18.9. The highest BCUT2D eigenvalue weighted by Gasteiger charge is 2.36. The van der Waals surface area contributed by atoms with Crippen LogP contribution >= 0.6 is 0 Å². The fourth-order valence-electron chi connectivity index (χ4n) is 4.43. The monoisotopic (exact) mass is 530 g/mol. The maximum absolute atomic E-state index is 15.1. The number of amides is 2. The van der Waals surface area contributed by atoms with Crippen LogP contribution in [0.2, 0.25) is 0 Å². The van der Waals surface area contributed by atoms with Crippen LogP contribution in [0.25, 0.3) is 5.69 Å². The Morgan fingerprint density at radius 2 is 1.90 bits per heavy atom. The minimum Gasteiger partial charge on any atom is -0.452 e. The summed E-state index contributed by atoms with van der Waals surface area (Å²) in [5.74, 6) is -0.549. The van der Waals surface area contributed by atoms with Crippen molar-refractivity contribution in [3.8, 4) is 17.2 Å². The van der Waals surface area contributed by atoms with Gasteiger partial charge in [-0.1, -0.05) is 25.1 Å². The third-order valence-electron chi connectivity index (χ3n) is 6.18. The molecule has 0 bridgehead atoms. The van der Waals surface area contributed by atoms with Crippen molar-refractivity contribution in [2.75, 3.05) is 22.1 Å². The van der Waals surface area contributed by atoms with Crippen LogP contribution in [-0.4, -0.2) is 39.5 Å². The summed E-state index contributed by atoms with van der Waals surface area (Å²) >= 11 is 0. The van der Waals surface area contributed by atoms with Crippen molar-refractivity contribution in [3.63, 3.8) is 0 Å². The molecule has 1 aliphatic heterocycles. The summed E-state index contributed by atoms with van der Waals surface area (Å²) in [6, 6.07) is 15.2. The van der Waals surface area contributed by atoms with Crippen molar-refractivity contribution in [3.05, 3.63) is 84.1 Å². The Morgan fingerprint density at radius 3 is 2.62 bits per heavy atom. The van der Waals surface area contributed by atoms with E-state index in [2.05, 4.69) is 20.7 Å². The van der Waals surface area contributed by atoms with Gasteiger partial charge in [0.05, 0.1) is 29.7 Å². The van der Waals surface area contributed by atoms with E-state index in [4.69, 9.17) is 9.47 Å². The fourth-order valence-corrected chi connectivity index (χ4v) is 4.43. The zero-order chi connectivity index (χ0) is 27.5. The summed E-state index contributed by atoms with van der Waals surface area (Å²) in [6.45, 7) is 5.62. The average Bonchev–Trinajstić information content (AvgIpc) is 3.52. The van der Waals surface area contributed by atoms with E-state index in [0.29, 0.717) is 23.5 Å². The minimum absolute atomic E-state index is 0.0871. The van der Waals surface area contributed by atoms with Crippen LogP contribution in [0.15, 0.2) is 67.0 Å². The number of rotatable bonds is 7. The van der Waals surface area contributed by atoms with Crippen LogP contribution in [0.3, 0.4) is 0 Å². The van der Waals surface area contributed by atoms with Gasteiger partial charge in [0, 0.05) is 24.0 Å². The number of benzene rings is 2. The van der Waals surface area contributed by atoms with E-state index in [9.17, 15) is 9.59 Å². The highest BCUT2D eigenvalue weighted by molar-refractivity contribution is 6.05. The number of hydrogen-bond donors (Lipinski definition) is 2. The number of carbonyl (C=O) groups excluding carboxylic acids is 2. The minimum atomic E-state index is -0.698. The molecule has 3 heterocycles. The lowest BCUT2D eigenvalue weighted by Crippen LogP contribution is -2.38. The molecule has 10 nitrogen and oxygen atoms in total. The van der Waals surface area contributed by atoms with Crippen molar-refractivity contribution in [2.24, 2.45) is 0 Å². The van der Waals surface area contributed by atoms with E-state index in [0.717, 1.165) is 11.4 Å². The number of aromatic nitrogens is 3. The SMILES string of the molecule is CCOC(=O)N1c2c(Oc3ccc(NC(=O)c4cnn(-c5ccccc5)c4CC)cc3F)ccnc2NC1C. The molecule has 0 saturated carbocycles. The van der Waals surface area contributed by atoms with Gasteiger partial charge in [0.2, 0.25) is 0 Å². The number of pyridine rings is 1. The highest BCUT2D eigenvalue weighted by atomic mass is 19.1. The van der Waals surface area contributed by atoms with Crippen LogP contribution in [0.1, 0.15) is 36.8 Å². The molecule has 0 spiro atoms. The molecule has 0 fully saturated rings. The summed E-state index contributed by atoms with van der Waals surface area (Å²) in [6.07, 6.45) is 2.57. The van der Waals surface area contributed by atoms with Gasteiger partial charge in [0.1, 0.15) is 11.9 Å². The third-order valence-corrected chi connectivity index (χ3v) is 6.18. The normalized spacial score (nSPS) is 13.9. The van der Waals surface area contributed by atoms with Crippen LogP contribution in [0, 0.1) is 5.82 Å². The van der Waals surface area contributed by atoms with Gasteiger partial charge in [0.15, 0.2) is 23.1 Å². The van der Waals surface area contributed by atoms with Crippen molar-refractivity contribution in [1.29, 1.82) is 0 Å². The number of anilines is 3. The molecular weight excluding hydrogens is 503 g/mol. The number of nitrogens with one attached hydrogen (secondary N) is 2. The van der Waals surface area contributed by atoms with E-state index < -0.39 is 24.0 Å². The van der Waals surface area contributed by atoms with Crippen molar-refractivity contribution in [2.45, 2.75) is 33.4 Å². The van der Waals surface area contributed by atoms with Gasteiger partial charge in [-0.2, -0.15) is 5.10 Å². The molecule has 200 valence electrons. The lowest BCUT2D eigenvalue weighted by atomic mass is 10.1. The molecule has 0 saturated heterocycles. The maximum atomic E-state index is 15.1. The molecule has 2 aromatic carbocycles. The summed E-state index contributed by atoms with van der Waals surface area (Å²) in [5, 5.41) is 10.2. The van der Waals surface area contributed by atoms with Gasteiger partial charge in [-0.15, -0.1) is 0 Å². The zero-order valence-corrected chi connectivity index (χ0v) is 21.6. The molecule has 1 aliphatic rings. The fraction of sp³-hybridized carbons (Fsp3) is 0.214. The van der Waals surface area contributed by atoms with Crippen LogP contribution in [0.5, 0.6) is 11.5 Å². The third kappa shape index (κ3) is 4.98. The number of hydrogen-bond acceptors (Lipinski definition) is 7. The molecule has 2 aromatic heterocycles. The van der Waals surface area contributed by atoms with Gasteiger partial charge < -0.3 is 20.1 Å². The Kier molecular flexibility index (Phi) is 7.13. The van der Waals surface area contributed by atoms with Crippen LogP contribution < -0.4 is 20.3 Å². The largest absolute Gasteiger partial charge is 0.452 e. The lowest BCUT2D eigenvalue weighted by molar-refractivity contribution is 0.102. The number of halogens is 1. The number of nitrogens with zero attached hydrogens (tertiary/aromatic N) is 4. The van der Waals surface area contributed by atoms with Gasteiger partial charge in [0.25, 0.3) is 5.91 Å².